The molecule has 0 aromatic rings. The molecule has 0 radical (unpaired) electrons. The Morgan fingerprint density at radius 1 is 0.706 bits per heavy atom. The second kappa shape index (κ2) is 11.0. The van der Waals surface area contributed by atoms with Crippen LogP contribution < -0.4 is 10.6 Å². The van der Waals surface area contributed by atoms with Crippen molar-refractivity contribution in [3.05, 3.63) is 0 Å². The molecular weight excluding hydrogens is 208 g/mol. The lowest BCUT2D eigenvalue weighted by Crippen LogP contribution is -2.29. The van der Waals surface area contributed by atoms with Gasteiger partial charge in [-0.1, -0.05) is 39.5 Å². The highest BCUT2D eigenvalue weighted by atomic mass is 14.8. The third-order valence-corrected chi connectivity index (χ3v) is 3.93. The minimum absolute atomic E-state index is 0.581. The van der Waals surface area contributed by atoms with Crippen molar-refractivity contribution in [2.45, 2.75) is 65.2 Å². The van der Waals surface area contributed by atoms with Gasteiger partial charge in [-0.25, -0.2) is 0 Å². The largest absolute Gasteiger partial charge is 0.320 e. The molecule has 0 aliphatic heterocycles. The van der Waals surface area contributed by atoms with Gasteiger partial charge in [0, 0.05) is 0 Å². The molecule has 0 aliphatic rings. The van der Waals surface area contributed by atoms with Crippen LogP contribution in [0, 0.1) is 5.41 Å². The van der Waals surface area contributed by atoms with Crippen molar-refractivity contribution < 1.29 is 0 Å². The fourth-order valence-electron chi connectivity index (χ4n) is 2.63. The van der Waals surface area contributed by atoms with Crippen molar-refractivity contribution in [1.29, 1.82) is 0 Å². The highest BCUT2D eigenvalue weighted by Crippen LogP contribution is 2.37. The summed E-state index contributed by atoms with van der Waals surface area (Å²) in [7, 11) is 4.14. The van der Waals surface area contributed by atoms with Gasteiger partial charge in [0.05, 0.1) is 0 Å². The van der Waals surface area contributed by atoms with Gasteiger partial charge in [-0.05, 0) is 58.3 Å². The zero-order valence-corrected chi connectivity index (χ0v) is 12.6. The Bertz CT molecular complexity index is 119. The average molecular weight is 242 g/mol. The summed E-state index contributed by atoms with van der Waals surface area (Å²) in [4.78, 5) is 0. The van der Waals surface area contributed by atoms with E-state index in [1.165, 1.54) is 51.4 Å². The van der Waals surface area contributed by atoms with E-state index in [1.807, 2.05) is 0 Å². The predicted molar refractivity (Wildman–Crippen MR) is 78.6 cm³/mol. The highest BCUT2D eigenvalue weighted by Gasteiger charge is 2.27. The van der Waals surface area contributed by atoms with Crippen LogP contribution in [0.2, 0.25) is 0 Å². The van der Waals surface area contributed by atoms with Crippen molar-refractivity contribution in [3.8, 4) is 0 Å². The van der Waals surface area contributed by atoms with Gasteiger partial charge in [0.2, 0.25) is 0 Å². The van der Waals surface area contributed by atoms with E-state index in [9.17, 15) is 0 Å². The van der Waals surface area contributed by atoms with Crippen LogP contribution in [-0.4, -0.2) is 27.2 Å². The van der Waals surface area contributed by atoms with E-state index in [1.54, 1.807) is 0 Å². The summed E-state index contributed by atoms with van der Waals surface area (Å²) >= 11 is 0. The molecule has 2 nitrogen and oxygen atoms in total. The molecule has 17 heavy (non-hydrogen) atoms. The molecule has 0 saturated carbocycles. The average Bonchev–Trinajstić information content (AvgIpc) is 2.37. The monoisotopic (exact) mass is 242 g/mol. The molecule has 0 aromatic carbocycles. The van der Waals surface area contributed by atoms with Crippen molar-refractivity contribution in [2.24, 2.45) is 5.41 Å². The summed E-state index contributed by atoms with van der Waals surface area (Å²) in [6, 6.07) is 0. The van der Waals surface area contributed by atoms with Crippen molar-refractivity contribution in [2.75, 3.05) is 27.2 Å². The van der Waals surface area contributed by atoms with Crippen LogP contribution in [0.4, 0.5) is 0 Å². The SMILES string of the molecule is CCCCC(CCCC)(CCNC)CCNC. The van der Waals surface area contributed by atoms with Gasteiger partial charge in [-0.15, -0.1) is 0 Å². The maximum Gasteiger partial charge on any atom is -0.00466 e. The Kier molecular flexibility index (Phi) is 11.0. The summed E-state index contributed by atoms with van der Waals surface area (Å²) < 4.78 is 0. The molecular formula is C15H34N2. The number of rotatable bonds is 12. The van der Waals surface area contributed by atoms with Crippen molar-refractivity contribution in [3.63, 3.8) is 0 Å². The van der Waals surface area contributed by atoms with E-state index >= 15 is 0 Å². The van der Waals surface area contributed by atoms with Gasteiger partial charge in [-0.3, -0.25) is 0 Å². The minimum atomic E-state index is 0.581. The van der Waals surface area contributed by atoms with Crippen LogP contribution in [0.1, 0.15) is 65.2 Å². The second-order valence-electron chi connectivity index (χ2n) is 5.41. The molecule has 104 valence electrons. The van der Waals surface area contributed by atoms with Gasteiger partial charge in [0.1, 0.15) is 0 Å². The summed E-state index contributed by atoms with van der Waals surface area (Å²) in [5.74, 6) is 0. The summed E-state index contributed by atoms with van der Waals surface area (Å²) in [6.07, 6.45) is 10.9. The van der Waals surface area contributed by atoms with E-state index < -0.39 is 0 Å². The Morgan fingerprint density at radius 2 is 1.12 bits per heavy atom. The number of nitrogens with one attached hydrogen (secondary N) is 2. The number of hydrogen-bond acceptors (Lipinski definition) is 2. The van der Waals surface area contributed by atoms with Gasteiger partial charge < -0.3 is 10.6 Å². The Labute approximate surface area is 109 Å². The van der Waals surface area contributed by atoms with E-state index in [-0.39, 0.29) is 0 Å². The van der Waals surface area contributed by atoms with Gasteiger partial charge in [0.15, 0.2) is 0 Å². The van der Waals surface area contributed by atoms with Crippen LogP contribution in [0.5, 0.6) is 0 Å². The van der Waals surface area contributed by atoms with Crippen LogP contribution in [0.25, 0.3) is 0 Å². The molecule has 0 atom stereocenters. The maximum absolute atomic E-state index is 3.33. The molecule has 0 amide bonds. The molecule has 0 aromatic heterocycles. The standard InChI is InChI=1S/C15H34N2/c1-5-7-9-15(10-8-6-2,11-13-16-3)12-14-17-4/h16-17H,5-14H2,1-4H3. The molecule has 2 heteroatoms. The van der Waals surface area contributed by atoms with Gasteiger partial charge in [-0.2, -0.15) is 0 Å². The minimum Gasteiger partial charge on any atom is -0.320 e. The first kappa shape index (κ1) is 16.9. The number of hydrogen-bond donors (Lipinski definition) is 2. The molecule has 2 N–H and O–H groups in total. The zero-order valence-electron chi connectivity index (χ0n) is 12.6. The predicted octanol–water partition coefficient (Wildman–Crippen LogP) is 3.57. The molecule has 0 fully saturated rings. The lowest BCUT2D eigenvalue weighted by Gasteiger charge is -2.34. The van der Waals surface area contributed by atoms with Crippen LogP contribution in [-0.2, 0) is 0 Å². The molecule has 0 aliphatic carbocycles. The Balaban J connectivity index is 4.39. The third kappa shape index (κ3) is 7.77. The molecule has 0 saturated heterocycles. The molecule has 0 bridgehead atoms. The first-order valence-corrected chi connectivity index (χ1v) is 7.54. The van der Waals surface area contributed by atoms with E-state index in [2.05, 4.69) is 38.6 Å². The topological polar surface area (TPSA) is 24.1 Å². The Morgan fingerprint density at radius 3 is 1.41 bits per heavy atom. The third-order valence-electron chi connectivity index (χ3n) is 3.93. The first-order valence-electron chi connectivity index (χ1n) is 7.54. The lowest BCUT2D eigenvalue weighted by atomic mass is 9.73. The van der Waals surface area contributed by atoms with Crippen LogP contribution >= 0.6 is 0 Å². The fraction of sp³-hybridized carbons (Fsp3) is 1.00. The molecule has 0 heterocycles. The zero-order chi connectivity index (χ0) is 13.0. The Hall–Kier alpha value is -0.0800. The van der Waals surface area contributed by atoms with E-state index in [0.717, 1.165) is 13.1 Å². The highest BCUT2D eigenvalue weighted by molar-refractivity contribution is 4.81. The van der Waals surface area contributed by atoms with E-state index in [0.29, 0.717) is 5.41 Å². The smallest absolute Gasteiger partial charge is 0.00466 e. The molecule has 0 unspecified atom stereocenters. The molecule has 0 rings (SSSR count). The van der Waals surface area contributed by atoms with Crippen molar-refractivity contribution >= 4 is 0 Å². The van der Waals surface area contributed by atoms with Crippen LogP contribution in [0.15, 0.2) is 0 Å². The first-order chi connectivity index (χ1) is 8.24. The fourth-order valence-corrected chi connectivity index (χ4v) is 2.63. The quantitative estimate of drug-likeness (QED) is 0.547. The number of unbranched alkanes of at least 4 members (excludes halogenated alkanes) is 2. The van der Waals surface area contributed by atoms with Crippen LogP contribution in [0.3, 0.4) is 0 Å². The summed E-state index contributed by atoms with van der Waals surface area (Å²) in [6.45, 7) is 6.94. The normalized spacial score (nSPS) is 12.0. The van der Waals surface area contributed by atoms with E-state index in [4.69, 9.17) is 0 Å². The van der Waals surface area contributed by atoms with Gasteiger partial charge >= 0.3 is 0 Å². The van der Waals surface area contributed by atoms with Crippen molar-refractivity contribution in [1.82, 2.24) is 10.6 Å². The van der Waals surface area contributed by atoms with Gasteiger partial charge in [0.25, 0.3) is 0 Å². The maximum atomic E-state index is 3.33. The molecule has 0 spiro atoms. The second-order valence-corrected chi connectivity index (χ2v) is 5.41. The lowest BCUT2D eigenvalue weighted by molar-refractivity contribution is 0.187. The summed E-state index contributed by atoms with van der Waals surface area (Å²) in [5.41, 5.74) is 0.581. The summed E-state index contributed by atoms with van der Waals surface area (Å²) in [5, 5.41) is 6.66.